The number of likely N-dealkylation sites (N-methyl/N-ethyl adjacent to an activating group) is 1. The summed E-state index contributed by atoms with van der Waals surface area (Å²) >= 11 is 0. The molecule has 134 valence electrons. The van der Waals surface area contributed by atoms with Crippen molar-refractivity contribution in [1.82, 2.24) is 19.4 Å². The first kappa shape index (κ1) is 18.9. The van der Waals surface area contributed by atoms with E-state index in [-0.39, 0.29) is 10.8 Å². The Morgan fingerprint density at radius 3 is 2.50 bits per heavy atom. The number of benzene rings is 1. The molecule has 0 aliphatic carbocycles. The van der Waals surface area contributed by atoms with E-state index in [1.54, 1.807) is 18.2 Å². The molecule has 0 bridgehead atoms. The van der Waals surface area contributed by atoms with E-state index < -0.39 is 10.0 Å². The van der Waals surface area contributed by atoms with Crippen LogP contribution in [-0.2, 0) is 21.4 Å². The zero-order valence-corrected chi connectivity index (χ0v) is 15.3. The van der Waals surface area contributed by atoms with Crippen molar-refractivity contribution in [3.05, 3.63) is 29.8 Å². The van der Waals surface area contributed by atoms with Gasteiger partial charge in [0.05, 0.1) is 11.4 Å². The van der Waals surface area contributed by atoms with Crippen molar-refractivity contribution in [2.24, 2.45) is 0 Å². The third-order valence-electron chi connectivity index (χ3n) is 4.00. The van der Waals surface area contributed by atoms with Crippen LogP contribution < -0.4 is 5.32 Å². The molecule has 1 heterocycles. The van der Waals surface area contributed by atoms with Crippen LogP contribution in [0.3, 0.4) is 0 Å². The Morgan fingerprint density at radius 2 is 1.88 bits per heavy atom. The highest BCUT2D eigenvalue weighted by atomic mass is 32.2. The van der Waals surface area contributed by atoms with Gasteiger partial charge in [-0.05, 0) is 24.7 Å². The van der Waals surface area contributed by atoms with Crippen molar-refractivity contribution < 1.29 is 13.2 Å². The number of carbonyl (C=O) groups is 1. The Hall–Kier alpha value is -1.48. The molecule has 0 spiro atoms. The smallest absolute Gasteiger partial charge is 0.242 e. The third-order valence-corrected chi connectivity index (χ3v) is 5.82. The van der Waals surface area contributed by atoms with Crippen molar-refractivity contribution >= 4 is 15.9 Å². The van der Waals surface area contributed by atoms with Crippen molar-refractivity contribution in [1.29, 1.82) is 0 Å². The molecule has 1 aliphatic heterocycles. The van der Waals surface area contributed by atoms with Gasteiger partial charge in [0.2, 0.25) is 15.9 Å². The summed E-state index contributed by atoms with van der Waals surface area (Å²) < 4.78 is 25.6. The predicted molar refractivity (Wildman–Crippen MR) is 93.1 cm³/mol. The number of piperazine rings is 1. The lowest BCUT2D eigenvalue weighted by Crippen LogP contribution is -2.49. The first-order valence-electron chi connectivity index (χ1n) is 7.99. The first-order chi connectivity index (χ1) is 11.3. The number of amides is 1. The molecule has 1 aliphatic rings. The fraction of sp³-hybridized carbons (Fsp3) is 0.562. The van der Waals surface area contributed by atoms with E-state index >= 15 is 0 Å². The van der Waals surface area contributed by atoms with Crippen LogP contribution in [0.25, 0.3) is 0 Å². The van der Waals surface area contributed by atoms with Gasteiger partial charge in [0, 0.05) is 46.8 Å². The van der Waals surface area contributed by atoms with Crippen molar-refractivity contribution in [2.75, 3.05) is 53.9 Å². The molecule has 1 amide bonds. The van der Waals surface area contributed by atoms with Gasteiger partial charge in [0.1, 0.15) is 0 Å². The van der Waals surface area contributed by atoms with Gasteiger partial charge in [-0.15, -0.1) is 0 Å². The van der Waals surface area contributed by atoms with Crippen LogP contribution in [0.5, 0.6) is 0 Å². The Bertz CT molecular complexity index is 670. The van der Waals surface area contributed by atoms with E-state index in [2.05, 4.69) is 5.32 Å². The quantitative estimate of drug-likeness (QED) is 0.766. The van der Waals surface area contributed by atoms with E-state index in [9.17, 15) is 13.2 Å². The predicted octanol–water partition coefficient (Wildman–Crippen LogP) is -0.199. The maximum Gasteiger partial charge on any atom is 0.242 e. The summed E-state index contributed by atoms with van der Waals surface area (Å²) in [6.45, 7) is 3.99. The Morgan fingerprint density at radius 1 is 1.21 bits per heavy atom. The van der Waals surface area contributed by atoms with Gasteiger partial charge >= 0.3 is 0 Å². The summed E-state index contributed by atoms with van der Waals surface area (Å²) in [7, 11) is 1.45. The van der Waals surface area contributed by atoms with E-state index in [1.165, 1.54) is 18.4 Å². The van der Waals surface area contributed by atoms with Crippen LogP contribution >= 0.6 is 0 Å². The maximum atomic E-state index is 12.3. The topological polar surface area (TPSA) is 73.0 Å². The molecule has 2 rings (SSSR count). The molecule has 0 saturated carbocycles. The van der Waals surface area contributed by atoms with Gasteiger partial charge in [0.15, 0.2) is 0 Å². The number of hydrogen-bond acceptors (Lipinski definition) is 5. The maximum absolute atomic E-state index is 12.3. The van der Waals surface area contributed by atoms with Crippen LogP contribution in [0.15, 0.2) is 29.2 Å². The fourth-order valence-electron chi connectivity index (χ4n) is 2.63. The molecule has 24 heavy (non-hydrogen) atoms. The minimum atomic E-state index is -3.44. The number of sulfonamides is 1. The molecule has 1 saturated heterocycles. The SMILES string of the molecule is CN(CC(=O)N1CCNCC1)Cc1cccc(S(=O)(=O)N(C)C)c1. The molecule has 0 atom stereocenters. The Balaban J connectivity index is 1.99. The van der Waals surface area contributed by atoms with Gasteiger partial charge in [-0.1, -0.05) is 12.1 Å². The normalized spacial score (nSPS) is 16.0. The van der Waals surface area contributed by atoms with E-state index in [1.807, 2.05) is 22.9 Å². The molecule has 1 fully saturated rings. The number of nitrogens with one attached hydrogen (secondary N) is 1. The molecular weight excluding hydrogens is 328 g/mol. The largest absolute Gasteiger partial charge is 0.339 e. The van der Waals surface area contributed by atoms with Crippen molar-refractivity contribution in [3.8, 4) is 0 Å². The molecule has 0 radical (unpaired) electrons. The number of rotatable bonds is 6. The summed E-state index contributed by atoms with van der Waals surface area (Å²) in [6, 6.07) is 6.87. The summed E-state index contributed by atoms with van der Waals surface area (Å²) in [5, 5.41) is 3.22. The summed E-state index contributed by atoms with van der Waals surface area (Å²) in [5.74, 6) is 0.107. The highest BCUT2D eigenvalue weighted by molar-refractivity contribution is 7.89. The summed E-state index contributed by atoms with van der Waals surface area (Å²) in [4.78, 5) is 16.3. The van der Waals surface area contributed by atoms with Crippen molar-refractivity contribution in [2.45, 2.75) is 11.4 Å². The zero-order valence-electron chi connectivity index (χ0n) is 14.5. The van der Waals surface area contributed by atoms with Crippen LogP contribution in [0.1, 0.15) is 5.56 Å². The average molecular weight is 354 g/mol. The lowest BCUT2D eigenvalue weighted by Gasteiger charge is -2.29. The number of nitrogens with zero attached hydrogens (tertiary/aromatic N) is 3. The molecule has 1 N–H and O–H groups in total. The summed E-state index contributed by atoms with van der Waals surface area (Å²) in [5.41, 5.74) is 0.869. The second-order valence-electron chi connectivity index (χ2n) is 6.24. The molecule has 8 heteroatoms. The minimum absolute atomic E-state index is 0.107. The molecule has 1 aromatic carbocycles. The molecule has 0 aromatic heterocycles. The molecule has 1 aromatic rings. The standard InChI is InChI=1S/C16H26N4O3S/c1-18(2)24(22,23)15-6-4-5-14(11-15)12-19(3)13-16(21)20-9-7-17-8-10-20/h4-6,11,17H,7-10,12-13H2,1-3H3. The Kier molecular flexibility index (Phi) is 6.34. The second kappa shape index (κ2) is 8.06. The second-order valence-corrected chi connectivity index (χ2v) is 8.39. The van der Waals surface area contributed by atoms with Crippen LogP contribution in [-0.4, -0.2) is 82.3 Å². The van der Waals surface area contributed by atoms with Crippen LogP contribution in [0.4, 0.5) is 0 Å². The van der Waals surface area contributed by atoms with Gasteiger partial charge in [-0.3, -0.25) is 9.69 Å². The highest BCUT2D eigenvalue weighted by Crippen LogP contribution is 2.15. The van der Waals surface area contributed by atoms with Gasteiger partial charge in [-0.25, -0.2) is 12.7 Å². The summed E-state index contributed by atoms with van der Waals surface area (Å²) in [6.07, 6.45) is 0. The van der Waals surface area contributed by atoms with Gasteiger partial charge in [-0.2, -0.15) is 0 Å². The fourth-order valence-corrected chi connectivity index (χ4v) is 3.60. The van der Waals surface area contributed by atoms with Crippen LogP contribution in [0.2, 0.25) is 0 Å². The monoisotopic (exact) mass is 354 g/mol. The lowest BCUT2D eigenvalue weighted by molar-refractivity contribution is -0.132. The number of hydrogen-bond donors (Lipinski definition) is 1. The van der Waals surface area contributed by atoms with Gasteiger partial charge in [0.25, 0.3) is 0 Å². The third kappa shape index (κ3) is 4.76. The molecular formula is C16H26N4O3S. The van der Waals surface area contributed by atoms with E-state index in [4.69, 9.17) is 0 Å². The molecule has 7 nitrogen and oxygen atoms in total. The van der Waals surface area contributed by atoms with Crippen LogP contribution in [0, 0.1) is 0 Å². The highest BCUT2D eigenvalue weighted by Gasteiger charge is 2.19. The zero-order chi connectivity index (χ0) is 17.7. The average Bonchev–Trinajstić information content (AvgIpc) is 2.55. The first-order valence-corrected chi connectivity index (χ1v) is 9.43. The van der Waals surface area contributed by atoms with Gasteiger partial charge < -0.3 is 10.2 Å². The molecule has 0 unspecified atom stereocenters. The van der Waals surface area contributed by atoms with E-state index in [0.29, 0.717) is 13.1 Å². The minimum Gasteiger partial charge on any atom is -0.339 e. The van der Waals surface area contributed by atoms with E-state index in [0.717, 1.165) is 31.7 Å². The number of carbonyl (C=O) groups excluding carboxylic acids is 1. The van der Waals surface area contributed by atoms with Crippen molar-refractivity contribution in [3.63, 3.8) is 0 Å². The lowest BCUT2D eigenvalue weighted by atomic mass is 10.2. The Labute approximate surface area is 144 Å².